The van der Waals surface area contributed by atoms with Crippen LogP contribution in [0.25, 0.3) is 0 Å². The number of nitrogens with zero attached hydrogens (tertiary/aromatic N) is 4. The third-order valence-electron chi connectivity index (χ3n) is 3.08. The molecule has 0 aliphatic carbocycles. The van der Waals surface area contributed by atoms with E-state index in [0.29, 0.717) is 37.6 Å². The average Bonchev–Trinajstić information content (AvgIpc) is 2.94. The Morgan fingerprint density at radius 2 is 2.09 bits per heavy atom. The van der Waals surface area contributed by atoms with Crippen molar-refractivity contribution in [2.24, 2.45) is 0 Å². The van der Waals surface area contributed by atoms with Gasteiger partial charge in [-0.1, -0.05) is 11.3 Å². The van der Waals surface area contributed by atoms with E-state index in [1.807, 2.05) is 0 Å². The van der Waals surface area contributed by atoms with E-state index in [2.05, 4.69) is 20.4 Å². The minimum Gasteiger partial charge on any atom is -0.379 e. The Morgan fingerprint density at radius 1 is 1.41 bits per heavy atom. The van der Waals surface area contributed by atoms with Crippen LogP contribution in [0.3, 0.4) is 0 Å². The summed E-state index contributed by atoms with van der Waals surface area (Å²) in [5.41, 5.74) is 0. The van der Waals surface area contributed by atoms with Gasteiger partial charge in [0.25, 0.3) is 0 Å². The van der Waals surface area contributed by atoms with Crippen LogP contribution >= 0.6 is 11.3 Å². The van der Waals surface area contributed by atoms with Gasteiger partial charge < -0.3 is 9.64 Å². The number of amides is 2. The lowest BCUT2D eigenvalue weighted by Crippen LogP contribution is -2.42. The van der Waals surface area contributed by atoms with E-state index in [1.165, 1.54) is 4.90 Å². The van der Waals surface area contributed by atoms with E-state index in [4.69, 9.17) is 4.74 Å². The maximum absolute atomic E-state index is 12.4. The van der Waals surface area contributed by atoms with Gasteiger partial charge >= 0.3 is 12.2 Å². The number of anilines is 1. The lowest BCUT2D eigenvalue weighted by molar-refractivity contribution is -0.138. The highest BCUT2D eigenvalue weighted by Crippen LogP contribution is 2.32. The van der Waals surface area contributed by atoms with Gasteiger partial charge in [-0.25, -0.2) is 4.79 Å². The van der Waals surface area contributed by atoms with Crippen LogP contribution in [-0.2, 0) is 10.9 Å². The molecule has 0 atom stereocenters. The number of alkyl halides is 3. The van der Waals surface area contributed by atoms with Crippen molar-refractivity contribution in [2.45, 2.75) is 6.18 Å². The van der Waals surface area contributed by atoms with Crippen LogP contribution in [0.15, 0.2) is 0 Å². The van der Waals surface area contributed by atoms with Crippen LogP contribution in [0, 0.1) is 0 Å². The van der Waals surface area contributed by atoms with Crippen LogP contribution in [0.2, 0.25) is 0 Å². The summed E-state index contributed by atoms with van der Waals surface area (Å²) in [6.45, 7) is 4.08. The molecular formula is C11H16F3N5O2S. The van der Waals surface area contributed by atoms with Gasteiger partial charge in [-0.05, 0) is 0 Å². The van der Waals surface area contributed by atoms with Crippen LogP contribution in [-0.4, -0.2) is 72.5 Å². The second kappa shape index (κ2) is 7.20. The second-order valence-corrected chi connectivity index (χ2v) is 5.69. The summed E-state index contributed by atoms with van der Waals surface area (Å²) < 4.78 is 42.4. The first-order chi connectivity index (χ1) is 10.4. The maximum atomic E-state index is 12.4. The monoisotopic (exact) mass is 339 g/mol. The molecule has 1 fully saturated rings. The molecule has 1 aromatic rings. The molecule has 0 radical (unpaired) electrons. The van der Waals surface area contributed by atoms with E-state index in [0.717, 1.165) is 13.1 Å². The first-order valence-corrected chi connectivity index (χ1v) is 7.41. The molecule has 2 amide bonds. The van der Waals surface area contributed by atoms with Crippen molar-refractivity contribution in [1.82, 2.24) is 20.0 Å². The van der Waals surface area contributed by atoms with E-state index in [-0.39, 0.29) is 5.13 Å². The van der Waals surface area contributed by atoms with E-state index >= 15 is 0 Å². The van der Waals surface area contributed by atoms with Crippen molar-refractivity contribution >= 4 is 22.5 Å². The minimum absolute atomic E-state index is 0.171. The topological polar surface area (TPSA) is 70.6 Å². The fraction of sp³-hybridized carbons (Fsp3) is 0.727. The number of hydrogen-bond acceptors (Lipinski definition) is 6. The third kappa shape index (κ3) is 4.78. The number of carbonyl (C=O) groups excluding carboxylic acids is 1. The number of ether oxygens (including phenoxy) is 1. The molecule has 0 spiro atoms. The summed E-state index contributed by atoms with van der Waals surface area (Å²) >= 11 is 0.299. The molecule has 1 N–H and O–H groups in total. The Kier molecular flexibility index (Phi) is 5.53. The molecule has 7 nitrogen and oxygen atoms in total. The Bertz CT molecular complexity index is 504. The third-order valence-corrected chi connectivity index (χ3v) is 3.97. The molecule has 0 aromatic carbocycles. The molecule has 2 rings (SSSR count). The Labute approximate surface area is 129 Å². The number of likely N-dealkylation sites (N-methyl/N-ethyl adjacent to an activating group) is 1. The molecule has 0 unspecified atom stereocenters. The zero-order valence-corrected chi connectivity index (χ0v) is 12.7. The number of urea groups is 1. The molecule has 1 saturated heterocycles. The molecule has 0 saturated carbocycles. The molecule has 11 heteroatoms. The minimum atomic E-state index is -4.55. The molecular weight excluding hydrogens is 323 g/mol. The Balaban J connectivity index is 1.79. The van der Waals surface area contributed by atoms with E-state index in [9.17, 15) is 18.0 Å². The standard InChI is InChI=1S/C11H16F3N5O2S/c1-18(2-3-19-4-6-21-7-5-19)10(20)15-9-17-16-8(22-9)11(12,13)14/h2-7H2,1H3,(H,15,17,20). The van der Waals surface area contributed by atoms with Crippen molar-refractivity contribution < 1.29 is 22.7 Å². The predicted octanol–water partition coefficient (Wildman–Crippen LogP) is 1.35. The summed E-state index contributed by atoms with van der Waals surface area (Å²) in [6.07, 6.45) is -4.55. The first-order valence-electron chi connectivity index (χ1n) is 6.59. The number of carbonyl (C=O) groups is 1. The van der Waals surface area contributed by atoms with Crippen molar-refractivity contribution in [3.63, 3.8) is 0 Å². The van der Waals surface area contributed by atoms with Crippen molar-refractivity contribution in [3.05, 3.63) is 5.01 Å². The summed E-state index contributed by atoms with van der Waals surface area (Å²) in [7, 11) is 1.57. The van der Waals surface area contributed by atoms with Crippen molar-refractivity contribution in [2.75, 3.05) is 51.8 Å². The lowest BCUT2D eigenvalue weighted by atomic mass is 10.4. The molecule has 2 heterocycles. The number of nitrogens with one attached hydrogen (secondary N) is 1. The number of rotatable bonds is 4. The highest BCUT2D eigenvalue weighted by Gasteiger charge is 2.35. The SMILES string of the molecule is CN(CCN1CCOCC1)C(=O)Nc1nnc(C(F)(F)F)s1. The Morgan fingerprint density at radius 3 is 2.68 bits per heavy atom. The normalized spacial score (nSPS) is 16.5. The summed E-state index contributed by atoms with van der Waals surface area (Å²) in [6, 6.07) is -0.516. The largest absolute Gasteiger partial charge is 0.445 e. The van der Waals surface area contributed by atoms with Gasteiger partial charge in [0.15, 0.2) is 0 Å². The van der Waals surface area contributed by atoms with E-state index in [1.54, 1.807) is 7.05 Å². The fourth-order valence-corrected chi connectivity index (χ4v) is 2.39. The number of morpholine rings is 1. The molecule has 1 aliphatic heterocycles. The summed E-state index contributed by atoms with van der Waals surface area (Å²) in [5, 5.41) is 7.38. The van der Waals surface area contributed by atoms with Gasteiger partial charge in [0.2, 0.25) is 10.1 Å². The highest BCUT2D eigenvalue weighted by molar-refractivity contribution is 7.15. The average molecular weight is 339 g/mol. The first kappa shape index (κ1) is 16.9. The van der Waals surface area contributed by atoms with Crippen LogP contribution in [0.1, 0.15) is 5.01 Å². The van der Waals surface area contributed by atoms with Gasteiger partial charge in [-0.3, -0.25) is 10.2 Å². The van der Waals surface area contributed by atoms with Gasteiger partial charge in [-0.2, -0.15) is 13.2 Å². The van der Waals surface area contributed by atoms with E-state index < -0.39 is 17.2 Å². The van der Waals surface area contributed by atoms with Crippen molar-refractivity contribution in [1.29, 1.82) is 0 Å². The van der Waals surface area contributed by atoms with Gasteiger partial charge in [0.1, 0.15) is 0 Å². The highest BCUT2D eigenvalue weighted by atomic mass is 32.1. The molecule has 0 bridgehead atoms. The molecule has 124 valence electrons. The van der Waals surface area contributed by atoms with Gasteiger partial charge in [-0.15, -0.1) is 10.2 Å². The number of aromatic nitrogens is 2. The number of halogens is 3. The smallest absolute Gasteiger partial charge is 0.379 e. The summed E-state index contributed by atoms with van der Waals surface area (Å²) in [5.74, 6) is 0. The van der Waals surface area contributed by atoms with Gasteiger partial charge in [0, 0.05) is 33.2 Å². The van der Waals surface area contributed by atoms with Crippen LogP contribution in [0.5, 0.6) is 0 Å². The summed E-state index contributed by atoms with van der Waals surface area (Å²) in [4.78, 5) is 15.4. The number of hydrogen-bond donors (Lipinski definition) is 1. The van der Waals surface area contributed by atoms with Gasteiger partial charge in [0.05, 0.1) is 13.2 Å². The zero-order chi connectivity index (χ0) is 16.2. The zero-order valence-electron chi connectivity index (χ0n) is 11.9. The molecule has 1 aromatic heterocycles. The lowest BCUT2D eigenvalue weighted by Gasteiger charge is -2.28. The van der Waals surface area contributed by atoms with Crippen LogP contribution < -0.4 is 5.32 Å². The maximum Gasteiger partial charge on any atom is 0.445 e. The second-order valence-electron chi connectivity index (χ2n) is 4.72. The molecule has 1 aliphatic rings. The molecule has 22 heavy (non-hydrogen) atoms. The predicted molar refractivity (Wildman–Crippen MR) is 73.8 cm³/mol. The fourth-order valence-electron chi connectivity index (χ4n) is 1.79. The quantitative estimate of drug-likeness (QED) is 0.897. The Hall–Kier alpha value is -1.46. The van der Waals surface area contributed by atoms with Crippen LogP contribution in [0.4, 0.5) is 23.1 Å². The van der Waals surface area contributed by atoms with Crippen molar-refractivity contribution in [3.8, 4) is 0 Å².